The first-order valence-corrected chi connectivity index (χ1v) is 24.7. The summed E-state index contributed by atoms with van der Waals surface area (Å²) in [6.45, 7) is 17.7. The molecule has 0 radical (unpaired) electrons. The molecule has 6 N–H and O–H groups in total. The van der Waals surface area contributed by atoms with Crippen molar-refractivity contribution in [3.8, 4) is 11.5 Å². The van der Waals surface area contributed by atoms with Crippen molar-refractivity contribution in [1.29, 1.82) is 0 Å². The summed E-state index contributed by atoms with van der Waals surface area (Å²) in [5.74, 6) is -5.34. The zero-order chi connectivity index (χ0) is 54.1. The van der Waals surface area contributed by atoms with Crippen molar-refractivity contribution in [2.24, 2.45) is 11.8 Å². The van der Waals surface area contributed by atoms with Crippen molar-refractivity contribution in [2.75, 3.05) is 13.7 Å². The molecule has 18 nitrogen and oxygen atoms in total. The van der Waals surface area contributed by atoms with Gasteiger partial charge in [0.25, 0.3) is 0 Å². The highest BCUT2D eigenvalue weighted by Crippen LogP contribution is 2.45. The number of methoxy groups -OCH3 is 1. The van der Waals surface area contributed by atoms with Crippen LogP contribution in [0.1, 0.15) is 111 Å². The molecule has 20 heteroatoms. The number of benzene rings is 1. The van der Waals surface area contributed by atoms with Crippen LogP contribution in [0.5, 0.6) is 11.5 Å². The van der Waals surface area contributed by atoms with Crippen molar-refractivity contribution in [2.45, 2.75) is 181 Å². The Hall–Kier alpha value is -4.18. The van der Waals surface area contributed by atoms with Gasteiger partial charge in [-0.05, 0) is 90.5 Å². The Morgan fingerprint density at radius 1 is 0.903 bits per heavy atom. The second-order valence-electron chi connectivity index (χ2n) is 19.2. The first-order valence-electron chi connectivity index (χ1n) is 24.0. The first kappa shape index (κ1) is 60.4. The van der Waals surface area contributed by atoms with Gasteiger partial charge >= 0.3 is 17.9 Å². The lowest BCUT2D eigenvalue weighted by molar-refractivity contribution is -0.333. The maximum absolute atomic E-state index is 13.9. The number of allylic oxidation sites excluding steroid dienone is 4. The van der Waals surface area contributed by atoms with Crippen molar-refractivity contribution in [1.82, 2.24) is 0 Å². The first-order chi connectivity index (χ1) is 33.7. The Balaban J connectivity index is 1.61. The number of cyclic esters (lactones) is 1. The maximum atomic E-state index is 13.9. The van der Waals surface area contributed by atoms with E-state index in [0.717, 1.165) is 0 Å². The number of aliphatic hydroxyl groups is 4. The van der Waals surface area contributed by atoms with Gasteiger partial charge < -0.3 is 68.5 Å². The molecule has 1 aromatic rings. The fraction of sp³-hybridized carbons (Fsp3) is 0.615. The number of ketones is 1. The standard InChI is InChI=1S/C52H72Cl2O18/c1-13-30-22-26(6)33(56)18-16-15-17-31(23-66-51-45(65-12)42(61)44(29(9)67-51)69-49(64)35-32(14-2)36(53)39(58)37(54)38(35)57)48(63)68-34(28(8)55)20-19-25(5)21-27(7)43(30)70-50-41(60)40(59)46(52(10,11)72-50)71-47(62)24(3)4/h15-17,19,21-22,24,29-30,33-34,40-46,50-51,56-61H,13-14,18,20,23H2,1-12H3/b16-15+,25-19+,26-22-,27-21+,31-17-/t29-,30?,33?,34?,40-,41+,42+,43?,44-,45+,46+,50-,51-/m1/s1. The van der Waals surface area contributed by atoms with Crippen molar-refractivity contribution < 1.29 is 87.7 Å². The number of rotatable bonds is 13. The zero-order valence-electron chi connectivity index (χ0n) is 42.9. The number of carbonyl (C=O) groups is 4. The third-order valence-corrected chi connectivity index (χ3v) is 13.6. The number of aliphatic hydroxyl groups excluding tert-OH is 4. The molecular formula is C52H72Cl2O18. The largest absolute Gasteiger partial charge is 0.505 e. The smallest absolute Gasteiger partial charge is 0.342 e. The molecule has 3 heterocycles. The number of halogens is 2. The van der Waals surface area contributed by atoms with E-state index in [1.165, 1.54) is 33.1 Å². The summed E-state index contributed by atoms with van der Waals surface area (Å²) >= 11 is 12.3. The van der Waals surface area contributed by atoms with Crippen LogP contribution in [0.3, 0.4) is 0 Å². The summed E-state index contributed by atoms with van der Waals surface area (Å²) in [6, 6.07) is 0. The predicted molar refractivity (Wildman–Crippen MR) is 264 cm³/mol. The average molecular weight is 1060 g/mol. The molecule has 72 heavy (non-hydrogen) atoms. The third-order valence-electron chi connectivity index (χ3n) is 12.9. The number of carbonyl (C=O) groups excluding carboxylic acids is 4. The van der Waals surface area contributed by atoms with E-state index < -0.39 is 143 Å². The van der Waals surface area contributed by atoms with Gasteiger partial charge in [-0.3, -0.25) is 9.59 Å². The van der Waals surface area contributed by atoms with Gasteiger partial charge in [0.15, 0.2) is 48.2 Å². The van der Waals surface area contributed by atoms with Gasteiger partial charge in [0.05, 0.1) is 41.4 Å². The Morgan fingerprint density at radius 3 is 2.17 bits per heavy atom. The average Bonchev–Trinajstić information content (AvgIpc) is 3.32. The van der Waals surface area contributed by atoms with Crippen LogP contribution in [-0.4, -0.2) is 147 Å². The highest BCUT2D eigenvalue weighted by Gasteiger charge is 2.53. The lowest BCUT2D eigenvalue weighted by Crippen LogP contribution is -2.64. The number of esters is 3. The van der Waals surface area contributed by atoms with E-state index >= 15 is 0 Å². The Bertz CT molecular complexity index is 2270. The van der Waals surface area contributed by atoms with E-state index in [1.807, 2.05) is 26.0 Å². The molecule has 402 valence electrons. The molecule has 2 fully saturated rings. The second kappa shape index (κ2) is 26.3. The second-order valence-corrected chi connectivity index (χ2v) is 19.9. The highest BCUT2D eigenvalue weighted by molar-refractivity contribution is 6.39. The lowest BCUT2D eigenvalue weighted by Gasteiger charge is -2.47. The molecule has 0 aromatic heterocycles. The topological polar surface area (TPSA) is 263 Å². The van der Waals surface area contributed by atoms with E-state index in [2.05, 4.69) is 0 Å². The van der Waals surface area contributed by atoms with E-state index in [9.17, 15) is 49.8 Å². The molecular weight excluding hydrogens is 983 g/mol. The third kappa shape index (κ3) is 14.6. The van der Waals surface area contributed by atoms with E-state index in [-0.39, 0.29) is 35.4 Å². The molecule has 3 aliphatic heterocycles. The molecule has 0 spiro atoms. The summed E-state index contributed by atoms with van der Waals surface area (Å²) in [6.07, 6.45) is -4.94. The highest BCUT2D eigenvalue weighted by atomic mass is 35.5. The monoisotopic (exact) mass is 1050 g/mol. The number of hydrogen-bond acceptors (Lipinski definition) is 18. The fourth-order valence-electron chi connectivity index (χ4n) is 8.54. The number of aromatic hydroxyl groups is 2. The molecule has 13 atom stereocenters. The summed E-state index contributed by atoms with van der Waals surface area (Å²) in [5, 5.41) is 65.6. The van der Waals surface area contributed by atoms with Crippen molar-refractivity contribution >= 4 is 46.9 Å². The SMILES string of the molecule is CCc1c(Cl)c(O)c(Cl)c(O)c1C(=O)O[C@H]1[C@H](O)[C@H](OC)[C@H](OC/C2=C/C=C/CC(O)/C(C)=C\C(CC)C(O[C@@H]3OC(C)(C)[C@@H](OC(=O)C(C)C)[C@H](O)[C@@H]3O)/C(C)=C/C(C)=C/CC(C(C)=O)OC2=O)O[C@@H]1C. The van der Waals surface area contributed by atoms with Crippen LogP contribution in [0.4, 0.5) is 0 Å². The summed E-state index contributed by atoms with van der Waals surface area (Å²) < 4.78 is 47.3. The van der Waals surface area contributed by atoms with Crippen LogP contribution in [-0.2, 0) is 58.7 Å². The van der Waals surface area contributed by atoms with Crippen LogP contribution < -0.4 is 0 Å². The number of ether oxygens (including phenoxy) is 8. The van der Waals surface area contributed by atoms with Gasteiger partial charge in [-0.15, -0.1) is 0 Å². The molecule has 1 aromatic carbocycles. The van der Waals surface area contributed by atoms with Crippen LogP contribution >= 0.6 is 23.2 Å². The minimum Gasteiger partial charge on any atom is -0.505 e. The normalized spacial score (nSPS) is 34.3. The minimum absolute atomic E-state index is 0.0305. The summed E-state index contributed by atoms with van der Waals surface area (Å²) in [5.41, 5.74) is 0.184. The number of hydrogen-bond donors (Lipinski definition) is 6. The molecule has 4 unspecified atom stereocenters. The summed E-state index contributed by atoms with van der Waals surface area (Å²) in [4.78, 5) is 52.9. The van der Waals surface area contributed by atoms with E-state index in [1.54, 1.807) is 60.6 Å². The van der Waals surface area contributed by atoms with Gasteiger partial charge in [-0.2, -0.15) is 0 Å². The van der Waals surface area contributed by atoms with Gasteiger partial charge in [-0.25, -0.2) is 9.59 Å². The Labute approximate surface area is 431 Å². The molecule has 2 saturated heterocycles. The lowest BCUT2D eigenvalue weighted by atomic mass is 9.88. The van der Waals surface area contributed by atoms with Crippen LogP contribution in [0, 0.1) is 11.8 Å². The van der Waals surface area contributed by atoms with Gasteiger partial charge in [0.2, 0.25) is 0 Å². The molecule has 0 saturated carbocycles. The fourth-order valence-corrected chi connectivity index (χ4v) is 9.10. The zero-order valence-corrected chi connectivity index (χ0v) is 44.4. The molecule has 0 aliphatic carbocycles. The molecule has 0 amide bonds. The quantitative estimate of drug-likeness (QED) is 0.0705. The summed E-state index contributed by atoms with van der Waals surface area (Å²) in [7, 11) is 1.25. The van der Waals surface area contributed by atoms with E-state index in [4.69, 9.17) is 61.1 Å². The van der Waals surface area contributed by atoms with E-state index in [0.29, 0.717) is 23.1 Å². The van der Waals surface area contributed by atoms with Crippen molar-refractivity contribution in [3.63, 3.8) is 0 Å². The van der Waals surface area contributed by atoms with Crippen LogP contribution in [0.25, 0.3) is 0 Å². The molecule has 3 aliphatic rings. The van der Waals surface area contributed by atoms with Gasteiger partial charge in [0.1, 0.15) is 40.6 Å². The van der Waals surface area contributed by atoms with Gasteiger partial charge in [-0.1, -0.05) is 86.9 Å². The van der Waals surface area contributed by atoms with Gasteiger partial charge in [0, 0.05) is 19.4 Å². The number of phenols is 2. The van der Waals surface area contributed by atoms with Crippen LogP contribution in [0.15, 0.2) is 58.7 Å². The number of Topliss-reactive ketones (excluding diaryl/α,β-unsaturated/α-hetero) is 1. The maximum Gasteiger partial charge on any atom is 0.342 e. The Morgan fingerprint density at radius 2 is 1.57 bits per heavy atom. The Kier molecular flexibility index (Phi) is 22.1. The minimum atomic E-state index is -1.62. The molecule has 0 bridgehead atoms. The van der Waals surface area contributed by atoms with Crippen LogP contribution in [0.2, 0.25) is 10.0 Å². The van der Waals surface area contributed by atoms with Crippen molar-refractivity contribution in [3.05, 3.63) is 79.9 Å². The molecule has 4 rings (SSSR count). The number of phenolic OH excluding ortho intramolecular Hbond substituents is 2. The predicted octanol–water partition coefficient (Wildman–Crippen LogP) is 6.44.